The van der Waals surface area contributed by atoms with Gasteiger partial charge in [0.25, 0.3) is 5.56 Å². The zero-order chi connectivity index (χ0) is 27.4. The highest BCUT2D eigenvalue weighted by Gasteiger charge is 2.26. The summed E-state index contributed by atoms with van der Waals surface area (Å²) in [5.74, 6) is -1.30. The molecule has 4 rings (SSSR count). The fraction of sp³-hybridized carbons (Fsp3) is 0.148. The Bertz CT molecular complexity index is 1560. The van der Waals surface area contributed by atoms with Gasteiger partial charge in [0, 0.05) is 40.4 Å². The molecule has 2 N–H and O–H groups in total. The summed E-state index contributed by atoms with van der Waals surface area (Å²) in [6, 6.07) is 12.1. The van der Waals surface area contributed by atoms with Gasteiger partial charge in [-0.1, -0.05) is 16.8 Å². The summed E-state index contributed by atoms with van der Waals surface area (Å²) in [5, 5.41) is 15.8. The van der Waals surface area contributed by atoms with E-state index in [1.807, 2.05) is 0 Å². The number of amides is 1. The quantitative estimate of drug-likeness (QED) is 0.299. The number of benzene rings is 2. The number of rotatable bonds is 9. The molecule has 11 heteroatoms. The van der Waals surface area contributed by atoms with E-state index in [4.69, 9.17) is 26.0 Å². The van der Waals surface area contributed by atoms with Gasteiger partial charge in [0.2, 0.25) is 5.91 Å². The minimum Gasteiger partial charge on any atom is -0.495 e. The second-order valence-corrected chi connectivity index (χ2v) is 8.75. The Kier molecular flexibility index (Phi) is 7.73. The van der Waals surface area contributed by atoms with E-state index in [1.165, 1.54) is 61.3 Å². The number of nitrogens with zero attached hydrogens (tertiary/aromatic N) is 2. The fourth-order valence-corrected chi connectivity index (χ4v) is 4.14. The van der Waals surface area contributed by atoms with Crippen LogP contribution in [-0.2, 0) is 11.2 Å². The van der Waals surface area contributed by atoms with Crippen LogP contribution < -0.4 is 15.6 Å². The predicted octanol–water partition coefficient (Wildman–Crippen LogP) is 4.49. The highest BCUT2D eigenvalue weighted by Crippen LogP contribution is 2.34. The minimum absolute atomic E-state index is 0.0166. The second kappa shape index (κ2) is 11.1. The Labute approximate surface area is 221 Å². The van der Waals surface area contributed by atoms with Crippen LogP contribution >= 0.6 is 11.6 Å². The molecule has 1 atom stereocenters. The lowest BCUT2D eigenvalue weighted by molar-refractivity contribution is -0.119. The zero-order valence-electron chi connectivity index (χ0n) is 20.3. The van der Waals surface area contributed by atoms with E-state index in [0.717, 1.165) is 0 Å². The van der Waals surface area contributed by atoms with Crippen LogP contribution in [0.2, 0.25) is 5.02 Å². The van der Waals surface area contributed by atoms with Gasteiger partial charge in [-0.2, -0.15) is 0 Å². The smallest absolute Gasteiger partial charge is 0.335 e. The molecule has 2 aromatic heterocycles. The van der Waals surface area contributed by atoms with Gasteiger partial charge in [-0.3, -0.25) is 19.0 Å². The van der Waals surface area contributed by atoms with Crippen LogP contribution in [0.3, 0.4) is 0 Å². The molecular weight excluding hydrogens is 514 g/mol. The lowest BCUT2D eigenvalue weighted by atomic mass is 9.97. The van der Waals surface area contributed by atoms with Crippen molar-refractivity contribution in [3.63, 3.8) is 0 Å². The highest BCUT2D eigenvalue weighted by molar-refractivity contribution is 6.31. The number of anilines is 1. The zero-order valence-corrected chi connectivity index (χ0v) is 21.1. The average molecular weight is 536 g/mol. The average Bonchev–Trinajstić information content (AvgIpc) is 3.40. The number of pyridine rings is 1. The van der Waals surface area contributed by atoms with Crippen molar-refractivity contribution in [1.82, 2.24) is 9.72 Å². The van der Waals surface area contributed by atoms with Crippen molar-refractivity contribution >= 4 is 34.9 Å². The first-order chi connectivity index (χ1) is 18.2. The van der Waals surface area contributed by atoms with Crippen molar-refractivity contribution in [3.8, 4) is 16.9 Å². The van der Waals surface area contributed by atoms with E-state index in [9.17, 15) is 19.2 Å². The van der Waals surface area contributed by atoms with Gasteiger partial charge in [0.15, 0.2) is 5.78 Å². The summed E-state index contributed by atoms with van der Waals surface area (Å²) >= 11 is 6.18. The van der Waals surface area contributed by atoms with Crippen LogP contribution in [0.1, 0.15) is 39.4 Å². The van der Waals surface area contributed by atoms with Crippen molar-refractivity contribution in [2.45, 2.75) is 19.4 Å². The summed E-state index contributed by atoms with van der Waals surface area (Å²) in [6.07, 6.45) is 2.79. The molecule has 1 amide bonds. The maximum absolute atomic E-state index is 13.4. The number of methoxy groups -OCH3 is 1. The molecule has 1 unspecified atom stereocenters. The number of ketones is 1. The van der Waals surface area contributed by atoms with Crippen molar-refractivity contribution < 1.29 is 28.8 Å². The number of ether oxygens (including phenoxy) is 1. The van der Waals surface area contributed by atoms with E-state index >= 15 is 0 Å². The van der Waals surface area contributed by atoms with Crippen LogP contribution in [0.4, 0.5) is 5.69 Å². The molecule has 0 fully saturated rings. The lowest BCUT2D eigenvalue weighted by Crippen LogP contribution is -2.34. The third-order valence-electron chi connectivity index (χ3n) is 5.84. The molecular formula is C27H22ClN3O7. The monoisotopic (exact) mass is 535 g/mol. The lowest BCUT2D eigenvalue weighted by Gasteiger charge is -2.21. The maximum Gasteiger partial charge on any atom is 0.335 e. The molecule has 10 nitrogen and oxygen atoms in total. The molecule has 38 heavy (non-hydrogen) atoms. The normalized spacial score (nSPS) is 11.6. The number of hydrogen-bond acceptors (Lipinski definition) is 7. The van der Waals surface area contributed by atoms with Crippen LogP contribution in [0, 0.1) is 0 Å². The SMILES string of the molecule is COc1cn(C(Cc2ccno2)C(=O)Nc2ccc(C(=O)O)cc2)c(=O)cc1-c1cc(Cl)ccc1C(C)=O. The third-order valence-corrected chi connectivity index (χ3v) is 6.07. The van der Waals surface area contributed by atoms with Crippen LogP contribution in [0.25, 0.3) is 11.1 Å². The summed E-state index contributed by atoms with van der Waals surface area (Å²) < 4.78 is 11.9. The number of aromatic nitrogens is 2. The molecule has 0 radical (unpaired) electrons. The van der Waals surface area contributed by atoms with Crippen molar-refractivity contribution in [2.75, 3.05) is 12.4 Å². The van der Waals surface area contributed by atoms with Crippen LogP contribution in [0.15, 0.2) is 76.3 Å². The standard InChI is InChI=1S/C27H22ClN3O7/c1-15(32)20-8-5-17(28)11-21(20)22-13-25(33)31(14-24(22)37-2)23(12-19-9-10-29-38-19)26(34)30-18-6-3-16(4-7-18)27(35)36/h3-11,13-14,23H,12H2,1-2H3,(H,30,34)(H,35,36). The van der Waals surface area contributed by atoms with E-state index < -0.39 is 23.5 Å². The van der Waals surface area contributed by atoms with Gasteiger partial charge in [-0.05, 0) is 55.0 Å². The third kappa shape index (κ3) is 5.65. The number of halogens is 1. The Morgan fingerprint density at radius 2 is 1.84 bits per heavy atom. The van der Waals surface area contributed by atoms with E-state index in [-0.39, 0.29) is 23.5 Å². The first-order valence-corrected chi connectivity index (χ1v) is 11.7. The van der Waals surface area contributed by atoms with Crippen LogP contribution in [0.5, 0.6) is 5.75 Å². The molecule has 0 aliphatic heterocycles. The summed E-state index contributed by atoms with van der Waals surface area (Å²) in [7, 11) is 1.40. The number of hydrogen-bond donors (Lipinski definition) is 2. The molecule has 4 aromatic rings. The maximum atomic E-state index is 13.4. The number of carboxylic acids is 1. The molecule has 2 heterocycles. The van der Waals surface area contributed by atoms with Crippen molar-refractivity contribution in [1.29, 1.82) is 0 Å². The number of carbonyl (C=O) groups excluding carboxylic acids is 2. The van der Waals surface area contributed by atoms with Gasteiger partial charge in [-0.15, -0.1) is 0 Å². The first-order valence-electron chi connectivity index (χ1n) is 11.3. The Morgan fingerprint density at radius 3 is 2.45 bits per heavy atom. The summed E-state index contributed by atoms with van der Waals surface area (Å²) in [5.41, 5.74) is 0.958. The fourth-order valence-electron chi connectivity index (χ4n) is 3.97. The van der Waals surface area contributed by atoms with E-state index in [1.54, 1.807) is 24.3 Å². The Morgan fingerprint density at radius 1 is 1.11 bits per heavy atom. The Hall–Kier alpha value is -4.70. The molecule has 0 spiro atoms. The first kappa shape index (κ1) is 26.4. The van der Waals surface area contributed by atoms with Gasteiger partial charge >= 0.3 is 5.97 Å². The van der Waals surface area contributed by atoms with Crippen LogP contribution in [-0.4, -0.2) is 39.6 Å². The molecule has 2 aromatic carbocycles. The van der Waals surface area contributed by atoms with Crippen molar-refractivity contribution in [3.05, 3.63) is 99.3 Å². The molecule has 194 valence electrons. The number of Topliss-reactive ketones (excluding diaryl/α,β-unsaturated/α-hetero) is 1. The number of aromatic carboxylic acids is 1. The van der Waals surface area contributed by atoms with E-state index in [2.05, 4.69) is 10.5 Å². The largest absolute Gasteiger partial charge is 0.495 e. The second-order valence-electron chi connectivity index (χ2n) is 8.32. The summed E-state index contributed by atoms with van der Waals surface area (Å²) in [6.45, 7) is 1.40. The van der Waals surface area contributed by atoms with Crippen molar-refractivity contribution in [2.24, 2.45) is 0 Å². The Balaban J connectivity index is 1.77. The van der Waals surface area contributed by atoms with Gasteiger partial charge in [-0.25, -0.2) is 4.79 Å². The number of carbonyl (C=O) groups is 3. The minimum atomic E-state index is -1.10. The van der Waals surface area contributed by atoms with Gasteiger partial charge < -0.3 is 19.7 Å². The number of carboxylic acid groups (broad SMARTS) is 1. The molecule has 0 aliphatic carbocycles. The number of nitrogens with one attached hydrogen (secondary N) is 1. The highest BCUT2D eigenvalue weighted by atomic mass is 35.5. The van der Waals surface area contributed by atoms with Gasteiger partial charge in [0.1, 0.15) is 17.6 Å². The summed E-state index contributed by atoms with van der Waals surface area (Å²) in [4.78, 5) is 50.2. The molecule has 0 aliphatic rings. The predicted molar refractivity (Wildman–Crippen MR) is 139 cm³/mol. The van der Waals surface area contributed by atoms with Gasteiger partial charge in [0.05, 0.1) is 25.1 Å². The molecule has 0 saturated heterocycles. The van der Waals surface area contributed by atoms with E-state index in [0.29, 0.717) is 33.2 Å². The molecule has 0 bridgehead atoms. The topological polar surface area (TPSA) is 141 Å². The molecule has 0 saturated carbocycles.